The van der Waals surface area contributed by atoms with E-state index in [1.54, 1.807) is 12.1 Å². The molecule has 0 bridgehead atoms. The van der Waals surface area contributed by atoms with E-state index in [1.807, 2.05) is 0 Å². The maximum Gasteiger partial charge on any atom is 0.225 e. The van der Waals surface area contributed by atoms with Gasteiger partial charge in [-0.15, -0.1) is 0 Å². The van der Waals surface area contributed by atoms with E-state index in [1.165, 1.54) is 7.11 Å². The van der Waals surface area contributed by atoms with Crippen molar-refractivity contribution in [2.75, 3.05) is 18.2 Å². The molecule has 0 saturated heterocycles. The lowest BCUT2D eigenvalue weighted by atomic mass is 10.4. The molecule has 0 aromatic carbocycles. The van der Waals surface area contributed by atoms with Crippen molar-refractivity contribution in [3.05, 3.63) is 12.1 Å². The summed E-state index contributed by atoms with van der Waals surface area (Å²) >= 11 is 0. The maximum atomic E-state index is 11.7. The summed E-state index contributed by atoms with van der Waals surface area (Å²) in [5.41, 5.74) is 0.511. The zero-order chi connectivity index (χ0) is 10.8. The maximum absolute atomic E-state index is 11.7. The third-order valence-corrected chi connectivity index (χ3v) is 3.37. The number of rotatable bonds is 1. The summed E-state index contributed by atoms with van der Waals surface area (Å²) in [4.78, 5) is 15.3. The molecule has 1 aromatic heterocycles. The summed E-state index contributed by atoms with van der Waals surface area (Å²) in [6, 6.07) is 3.28. The van der Waals surface area contributed by atoms with Crippen LogP contribution in [0.3, 0.4) is 0 Å². The van der Waals surface area contributed by atoms with Gasteiger partial charge in [0.2, 0.25) is 11.8 Å². The molecule has 5 nitrogen and oxygen atoms in total. The standard InChI is InChI=1S/C9H10N2O3S/c1-14-8-3-2-6-9(11-8)15(13)5-4-7(12)10-6/h2-3H,4-5H2,1H3,(H,10,12). The Morgan fingerprint density at radius 3 is 3.07 bits per heavy atom. The number of carbonyl (C=O) groups is 1. The first-order valence-electron chi connectivity index (χ1n) is 4.44. The number of pyridine rings is 1. The molecule has 0 fully saturated rings. The average Bonchev–Trinajstić information content (AvgIpc) is 2.39. The van der Waals surface area contributed by atoms with Crippen LogP contribution in [0.15, 0.2) is 17.2 Å². The molecule has 15 heavy (non-hydrogen) atoms. The van der Waals surface area contributed by atoms with E-state index < -0.39 is 10.8 Å². The molecule has 1 aromatic rings. The molecule has 1 aliphatic rings. The number of nitrogens with one attached hydrogen (secondary N) is 1. The molecule has 1 unspecified atom stereocenters. The largest absolute Gasteiger partial charge is 0.481 e. The molecule has 80 valence electrons. The number of amides is 1. The SMILES string of the molecule is COc1ccc2c(n1)S(=O)CCC(=O)N2. The van der Waals surface area contributed by atoms with E-state index in [-0.39, 0.29) is 12.3 Å². The number of ether oxygens (including phenoxy) is 1. The first-order chi connectivity index (χ1) is 7.20. The highest BCUT2D eigenvalue weighted by atomic mass is 32.2. The zero-order valence-corrected chi connectivity index (χ0v) is 8.97. The van der Waals surface area contributed by atoms with Crippen LogP contribution in [0, 0.1) is 0 Å². The second-order valence-electron chi connectivity index (χ2n) is 3.05. The van der Waals surface area contributed by atoms with Gasteiger partial charge in [-0.25, -0.2) is 4.98 Å². The molecule has 6 heteroatoms. The van der Waals surface area contributed by atoms with Crippen LogP contribution in [0.2, 0.25) is 0 Å². The summed E-state index contributed by atoms with van der Waals surface area (Å²) in [5, 5.41) is 3.04. The van der Waals surface area contributed by atoms with E-state index >= 15 is 0 Å². The topological polar surface area (TPSA) is 68.3 Å². The summed E-state index contributed by atoms with van der Waals surface area (Å²) < 4.78 is 16.7. The minimum Gasteiger partial charge on any atom is -0.481 e. The van der Waals surface area contributed by atoms with Crippen molar-refractivity contribution >= 4 is 22.4 Å². The van der Waals surface area contributed by atoms with E-state index in [2.05, 4.69) is 10.3 Å². The fourth-order valence-corrected chi connectivity index (χ4v) is 2.42. The molecule has 1 aliphatic heterocycles. The van der Waals surface area contributed by atoms with Crippen molar-refractivity contribution in [2.45, 2.75) is 11.4 Å². The monoisotopic (exact) mass is 226 g/mol. The van der Waals surface area contributed by atoms with Gasteiger partial charge in [0.25, 0.3) is 0 Å². The molecule has 1 atom stereocenters. The third-order valence-electron chi connectivity index (χ3n) is 2.05. The lowest BCUT2D eigenvalue weighted by Crippen LogP contribution is -2.10. The van der Waals surface area contributed by atoms with Gasteiger partial charge in [0.05, 0.1) is 23.6 Å². The van der Waals surface area contributed by atoms with Crippen LogP contribution in [-0.4, -0.2) is 28.0 Å². The highest BCUT2D eigenvalue weighted by Crippen LogP contribution is 2.24. The van der Waals surface area contributed by atoms with Crippen molar-refractivity contribution < 1.29 is 13.7 Å². The van der Waals surface area contributed by atoms with E-state index in [9.17, 15) is 9.00 Å². The van der Waals surface area contributed by atoms with Crippen LogP contribution in [-0.2, 0) is 15.6 Å². The average molecular weight is 226 g/mol. The predicted molar refractivity (Wildman–Crippen MR) is 55.3 cm³/mol. The lowest BCUT2D eigenvalue weighted by molar-refractivity contribution is -0.115. The van der Waals surface area contributed by atoms with Gasteiger partial charge in [-0.1, -0.05) is 0 Å². The van der Waals surface area contributed by atoms with Crippen LogP contribution in [0.5, 0.6) is 5.88 Å². The van der Waals surface area contributed by atoms with Gasteiger partial charge in [0.15, 0.2) is 5.03 Å². The Hall–Kier alpha value is -1.43. The fraction of sp³-hybridized carbons (Fsp3) is 0.333. The molecular weight excluding hydrogens is 216 g/mol. The fourth-order valence-electron chi connectivity index (χ4n) is 1.30. The van der Waals surface area contributed by atoms with Gasteiger partial charge in [0.1, 0.15) is 0 Å². The van der Waals surface area contributed by atoms with Gasteiger partial charge in [-0.2, -0.15) is 0 Å². The highest BCUT2D eigenvalue weighted by Gasteiger charge is 2.20. The summed E-state index contributed by atoms with van der Waals surface area (Å²) in [6.07, 6.45) is 0.255. The molecule has 2 rings (SSSR count). The number of carbonyl (C=O) groups excluding carboxylic acids is 1. The summed E-state index contributed by atoms with van der Waals surface area (Å²) in [7, 11) is 0.253. The predicted octanol–water partition coefficient (Wildman–Crippen LogP) is 0.540. The Balaban J connectivity index is 2.48. The lowest BCUT2D eigenvalue weighted by Gasteiger charge is -2.06. The van der Waals surface area contributed by atoms with Gasteiger partial charge in [0, 0.05) is 18.2 Å². The Morgan fingerprint density at radius 1 is 1.53 bits per heavy atom. The second-order valence-corrected chi connectivity index (χ2v) is 4.54. The Morgan fingerprint density at radius 2 is 2.33 bits per heavy atom. The van der Waals surface area contributed by atoms with Crippen molar-refractivity contribution in [2.24, 2.45) is 0 Å². The number of methoxy groups -OCH3 is 1. The second kappa shape index (κ2) is 3.98. The van der Waals surface area contributed by atoms with Gasteiger partial charge in [-0.05, 0) is 6.07 Å². The van der Waals surface area contributed by atoms with Crippen LogP contribution < -0.4 is 10.1 Å². The molecule has 1 amide bonds. The quantitative estimate of drug-likeness (QED) is 0.759. The van der Waals surface area contributed by atoms with E-state index in [4.69, 9.17) is 4.74 Å². The number of hydrogen-bond donors (Lipinski definition) is 1. The Bertz CT molecular complexity index is 433. The van der Waals surface area contributed by atoms with Gasteiger partial charge in [-0.3, -0.25) is 9.00 Å². The molecule has 1 N–H and O–H groups in total. The van der Waals surface area contributed by atoms with E-state index in [0.29, 0.717) is 22.3 Å². The summed E-state index contributed by atoms with van der Waals surface area (Å²) in [5.74, 6) is 0.575. The van der Waals surface area contributed by atoms with Crippen LogP contribution in [0.25, 0.3) is 0 Å². The van der Waals surface area contributed by atoms with Crippen LogP contribution >= 0.6 is 0 Å². The molecule has 0 spiro atoms. The number of aromatic nitrogens is 1. The molecule has 2 heterocycles. The van der Waals surface area contributed by atoms with Crippen molar-refractivity contribution in [3.8, 4) is 5.88 Å². The molecule has 0 radical (unpaired) electrons. The third kappa shape index (κ3) is 1.99. The minimum atomic E-state index is -1.24. The number of hydrogen-bond acceptors (Lipinski definition) is 4. The zero-order valence-electron chi connectivity index (χ0n) is 8.15. The van der Waals surface area contributed by atoms with Gasteiger partial charge < -0.3 is 10.1 Å². The van der Waals surface area contributed by atoms with Crippen LogP contribution in [0.4, 0.5) is 5.69 Å². The van der Waals surface area contributed by atoms with E-state index in [0.717, 1.165) is 0 Å². The smallest absolute Gasteiger partial charge is 0.225 e. The molecular formula is C9H10N2O3S. The first-order valence-corrected chi connectivity index (χ1v) is 5.76. The first kappa shape index (κ1) is 10.1. The number of nitrogens with zero attached hydrogens (tertiary/aromatic N) is 1. The Kier molecular flexibility index (Phi) is 2.68. The number of fused-ring (bicyclic) bond motifs is 1. The van der Waals surface area contributed by atoms with Crippen LogP contribution in [0.1, 0.15) is 6.42 Å². The normalized spacial score (nSPS) is 20.1. The molecule has 0 aliphatic carbocycles. The highest BCUT2D eigenvalue weighted by molar-refractivity contribution is 7.85. The minimum absolute atomic E-state index is 0.130. The molecule has 0 saturated carbocycles. The van der Waals surface area contributed by atoms with Crippen molar-refractivity contribution in [1.29, 1.82) is 0 Å². The Labute approximate surface area is 89.3 Å². The van der Waals surface area contributed by atoms with Crippen molar-refractivity contribution in [1.82, 2.24) is 4.98 Å². The summed E-state index contributed by atoms with van der Waals surface area (Å²) in [6.45, 7) is 0. The number of anilines is 1. The van der Waals surface area contributed by atoms with Crippen molar-refractivity contribution in [3.63, 3.8) is 0 Å². The van der Waals surface area contributed by atoms with Gasteiger partial charge >= 0.3 is 0 Å².